The predicted molar refractivity (Wildman–Crippen MR) is 133 cm³/mol. The summed E-state index contributed by atoms with van der Waals surface area (Å²) in [5, 5.41) is 6.20. The maximum Gasteiger partial charge on any atom is 0.229 e. The number of aromatic nitrogens is 2. The van der Waals surface area contributed by atoms with E-state index >= 15 is 0 Å². The zero-order chi connectivity index (χ0) is 24.4. The number of halogens is 1. The van der Waals surface area contributed by atoms with Gasteiger partial charge in [-0.1, -0.05) is 0 Å². The van der Waals surface area contributed by atoms with Gasteiger partial charge in [0.15, 0.2) is 0 Å². The van der Waals surface area contributed by atoms with Crippen molar-refractivity contribution in [2.24, 2.45) is 5.92 Å². The number of aryl methyl sites for hydroxylation is 1. The minimum atomic E-state index is -0.474. The van der Waals surface area contributed by atoms with Gasteiger partial charge in [0.25, 0.3) is 0 Å². The van der Waals surface area contributed by atoms with Crippen molar-refractivity contribution in [2.45, 2.75) is 26.2 Å². The van der Waals surface area contributed by atoms with E-state index in [4.69, 9.17) is 0 Å². The van der Waals surface area contributed by atoms with Crippen LogP contribution in [0.2, 0.25) is 0 Å². The van der Waals surface area contributed by atoms with Crippen LogP contribution in [0.1, 0.15) is 25.1 Å². The zero-order valence-corrected chi connectivity index (χ0v) is 19.5. The number of benzene rings is 2. The van der Waals surface area contributed by atoms with Gasteiger partial charge in [-0.2, -0.15) is 0 Å². The van der Waals surface area contributed by atoms with Crippen LogP contribution in [-0.4, -0.2) is 41.4 Å². The minimum absolute atomic E-state index is 0.120. The normalized spacial score (nSPS) is 17.7. The van der Waals surface area contributed by atoms with Crippen LogP contribution in [0.15, 0.2) is 54.6 Å². The number of carbonyl (C=O) groups excluding carboxylic acids is 2. The molecule has 2 aromatic carbocycles. The number of anilines is 5. The van der Waals surface area contributed by atoms with Crippen molar-refractivity contribution < 1.29 is 14.0 Å². The Morgan fingerprint density at radius 2 is 1.69 bits per heavy atom. The molecule has 180 valence electrons. The van der Waals surface area contributed by atoms with Gasteiger partial charge >= 0.3 is 0 Å². The lowest BCUT2D eigenvalue weighted by Crippen LogP contribution is -2.28. The molecule has 9 heteroatoms. The van der Waals surface area contributed by atoms with Gasteiger partial charge < -0.3 is 20.4 Å². The van der Waals surface area contributed by atoms with E-state index in [9.17, 15) is 14.0 Å². The summed E-state index contributed by atoms with van der Waals surface area (Å²) in [5.41, 5.74) is 2.08. The van der Waals surface area contributed by atoms with Crippen LogP contribution in [0.4, 0.5) is 33.1 Å². The Morgan fingerprint density at radius 3 is 2.40 bits per heavy atom. The van der Waals surface area contributed by atoms with Gasteiger partial charge in [0.1, 0.15) is 23.3 Å². The number of carbonyl (C=O) groups is 2. The average Bonchev–Trinajstić information content (AvgIpc) is 3.51. The van der Waals surface area contributed by atoms with E-state index in [1.165, 1.54) is 29.9 Å². The molecule has 5 rings (SSSR count). The van der Waals surface area contributed by atoms with Crippen molar-refractivity contribution in [2.75, 3.05) is 40.1 Å². The molecular formula is C26H27FN6O2. The molecule has 0 saturated carbocycles. The smallest absolute Gasteiger partial charge is 0.229 e. The lowest BCUT2D eigenvalue weighted by Gasteiger charge is -2.18. The molecule has 1 unspecified atom stereocenters. The molecule has 2 aliphatic rings. The molecule has 0 radical (unpaired) electrons. The van der Waals surface area contributed by atoms with Gasteiger partial charge in [0.05, 0.1) is 5.92 Å². The monoisotopic (exact) mass is 474 g/mol. The third-order valence-corrected chi connectivity index (χ3v) is 6.31. The first-order valence-corrected chi connectivity index (χ1v) is 11.8. The Hall–Kier alpha value is -4.01. The summed E-state index contributed by atoms with van der Waals surface area (Å²) in [5.74, 6) is 1.16. The highest BCUT2D eigenvalue weighted by Crippen LogP contribution is 2.27. The van der Waals surface area contributed by atoms with Crippen LogP contribution in [0, 0.1) is 18.7 Å². The summed E-state index contributed by atoms with van der Waals surface area (Å²) in [6.07, 6.45) is 2.48. The van der Waals surface area contributed by atoms with Crippen LogP contribution >= 0.6 is 0 Å². The SMILES string of the molecule is Cc1nc(Nc2ccc(NC(=O)C3CC(=O)N(c4ccc(F)cc4)C3)cc2)cc(N2CCCC2)n1. The van der Waals surface area contributed by atoms with Crippen LogP contribution in [-0.2, 0) is 9.59 Å². The fraction of sp³-hybridized carbons (Fsp3) is 0.308. The molecule has 2 N–H and O–H groups in total. The molecule has 2 amide bonds. The second-order valence-electron chi connectivity index (χ2n) is 8.93. The molecule has 0 spiro atoms. The minimum Gasteiger partial charge on any atom is -0.356 e. The first-order valence-electron chi connectivity index (χ1n) is 11.8. The third kappa shape index (κ3) is 5.24. The van der Waals surface area contributed by atoms with Crippen LogP contribution in [0.3, 0.4) is 0 Å². The van der Waals surface area contributed by atoms with Crippen molar-refractivity contribution in [1.29, 1.82) is 0 Å². The molecule has 2 fully saturated rings. The Morgan fingerprint density at radius 1 is 1.00 bits per heavy atom. The van der Waals surface area contributed by atoms with Gasteiger partial charge in [0, 0.05) is 49.2 Å². The van der Waals surface area contributed by atoms with Gasteiger partial charge in [-0.15, -0.1) is 0 Å². The Bertz CT molecular complexity index is 1230. The lowest BCUT2D eigenvalue weighted by atomic mass is 10.1. The number of amides is 2. The Labute approximate surface area is 203 Å². The first kappa shape index (κ1) is 22.8. The quantitative estimate of drug-likeness (QED) is 0.555. The van der Waals surface area contributed by atoms with E-state index in [0.29, 0.717) is 17.2 Å². The van der Waals surface area contributed by atoms with E-state index in [1.807, 2.05) is 37.3 Å². The van der Waals surface area contributed by atoms with Crippen LogP contribution in [0.25, 0.3) is 0 Å². The molecule has 2 saturated heterocycles. The van der Waals surface area contributed by atoms with E-state index in [-0.39, 0.29) is 30.6 Å². The molecular weight excluding hydrogens is 447 g/mol. The van der Waals surface area contributed by atoms with Gasteiger partial charge in [0.2, 0.25) is 11.8 Å². The van der Waals surface area contributed by atoms with Crippen molar-refractivity contribution in [3.8, 4) is 0 Å². The number of nitrogens with zero attached hydrogens (tertiary/aromatic N) is 4. The fourth-order valence-corrected chi connectivity index (χ4v) is 4.51. The van der Waals surface area contributed by atoms with Gasteiger partial charge in [-0.05, 0) is 68.3 Å². The molecule has 1 aromatic heterocycles. The van der Waals surface area contributed by atoms with Crippen molar-refractivity contribution in [3.63, 3.8) is 0 Å². The van der Waals surface area contributed by atoms with E-state index in [1.54, 1.807) is 12.1 Å². The van der Waals surface area contributed by atoms with E-state index < -0.39 is 5.92 Å². The van der Waals surface area contributed by atoms with E-state index in [0.717, 1.165) is 30.4 Å². The predicted octanol–water partition coefficient (Wildman–Crippen LogP) is 4.26. The highest BCUT2D eigenvalue weighted by molar-refractivity contribution is 6.03. The van der Waals surface area contributed by atoms with Gasteiger partial charge in [-0.25, -0.2) is 14.4 Å². The number of nitrogens with one attached hydrogen (secondary N) is 2. The molecule has 8 nitrogen and oxygen atoms in total. The summed E-state index contributed by atoms with van der Waals surface area (Å²) in [7, 11) is 0. The number of hydrogen-bond donors (Lipinski definition) is 2. The standard InChI is InChI=1S/C26H27FN6O2/c1-17-28-23(15-24(29-17)32-12-2-3-13-32)30-20-6-8-21(9-7-20)31-26(35)18-14-25(34)33(16-18)22-10-4-19(27)5-11-22/h4-11,15,18H,2-3,12-14,16H2,1H3,(H,31,35)(H,28,29,30). The summed E-state index contributed by atoms with van der Waals surface area (Å²) in [6, 6.07) is 15.0. The van der Waals surface area contributed by atoms with Gasteiger partial charge in [-0.3, -0.25) is 9.59 Å². The molecule has 0 aliphatic carbocycles. The topological polar surface area (TPSA) is 90.5 Å². The van der Waals surface area contributed by atoms with Crippen molar-refractivity contribution >= 4 is 40.5 Å². The number of hydrogen-bond acceptors (Lipinski definition) is 6. The molecule has 3 heterocycles. The summed E-state index contributed by atoms with van der Waals surface area (Å²) < 4.78 is 13.2. The Kier molecular flexibility index (Phi) is 6.31. The second kappa shape index (κ2) is 9.69. The third-order valence-electron chi connectivity index (χ3n) is 6.31. The molecule has 1 atom stereocenters. The lowest BCUT2D eigenvalue weighted by molar-refractivity contribution is -0.122. The zero-order valence-electron chi connectivity index (χ0n) is 19.5. The highest BCUT2D eigenvalue weighted by Gasteiger charge is 2.35. The summed E-state index contributed by atoms with van der Waals surface area (Å²) >= 11 is 0. The largest absolute Gasteiger partial charge is 0.356 e. The maximum atomic E-state index is 13.2. The van der Waals surface area contributed by atoms with Crippen molar-refractivity contribution in [3.05, 3.63) is 66.2 Å². The second-order valence-corrected chi connectivity index (χ2v) is 8.93. The average molecular weight is 475 g/mol. The molecule has 0 bridgehead atoms. The molecule has 2 aliphatic heterocycles. The molecule has 3 aromatic rings. The van der Waals surface area contributed by atoms with Crippen molar-refractivity contribution in [1.82, 2.24) is 9.97 Å². The molecule has 35 heavy (non-hydrogen) atoms. The number of rotatable bonds is 6. The van der Waals surface area contributed by atoms with Crippen LogP contribution in [0.5, 0.6) is 0 Å². The summed E-state index contributed by atoms with van der Waals surface area (Å²) in [6.45, 7) is 4.17. The van der Waals surface area contributed by atoms with E-state index in [2.05, 4.69) is 25.5 Å². The maximum absolute atomic E-state index is 13.2. The summed E-state index contributed by atoms with van der Waals surface area (Å²) in [4.78, 5) is 38.0. The fourth-order valence-electron chi connectivity index (χ4n) is 4.51. The highest BCUT2D eigenvalue weighted by atomic mass is 19.1. The first-order chi connectivity index (χ1) is 16.9. The van der Waals surface area contributed by atoms with Crippen LogP contribution < -0.4 is 20.4 Å². The Balaban J connectivity index is 1.20.